The Morgan fingerprint density at radius 1 is 1.10 bits per heavy atom. The van der Waals surface area contributed by atoms with E-state index in [1.54, 1.807) is 6.07 Å². The number of methoxy groups -OCH3 is 1. The number of benzene rings is 2. The van der Waals surface area contributed by atoms with Crippen LogP contribution in [0.3, 0.4) is 0 Å². The number of hydrogen-bond donors (Lipinski definition) is 1. The summed E-state index contributed by atoms with van der Waals surface area (Å²) in [5.74, 6) is -1.12. The highest BCUT2D eigenvalue weighted by atomic mass is 35.5. The predicted octanol–water partition coefficient (Wildman–Crippen LogP) is 4.86. The Morgan fingerprint density at radius 3 is 2.42 bits per heavy atom. The van der Waals surface area contributed by atoms with Crippen molar-refractivity contribution >= 4 is 23.7 Å². The highest BCUT2D eigenvalue weighted by molar-refractivity contribution is 6.29. The standard InChI is InChI=1S/C23H20ClFN2O4/c1-23(21(28)30-2,27-22(29)31-14-15-6-4-3-5-7-15)17-12-19(26-20(24)13-17)16-8-10-18(25)11-9-16/h3-13H,14H2,1-2H3,(H,27,29)/t23-/m1/s1. The molecule has 1 amide bonds. The van der Waals surface area contributed by atoms with Gasteiger partial charge in [0.05, 0.1) is 12.8 Å². The molecule has 3 rings (SSSR count). The summed E-state index contributed by atoms with van der Waals surface area (Å²) in [6.07, 6.45) is -0.812. The third-order valence-corrected chi connectivity index (χ3v) is 4.86. The van der Waals surface area contributed by atoms with E-state index in [1.165, 1.54) is 44.4 Å². The number of nitrogens with one attached hydrogen (secondary N) is 1. The first-order valence-corrected chi connectivity index (χ1v) is 9.71. The lowest BCUT2D eigenvalue weighted by atomic mass is 9.91. The molecule has 1 aromatic heterocycles. The van der Waals surface area contributed by atoms with E-state index in [-0.39, 0.29) is 11.8 Å². The molecular formula is C23H20ClFN2O4. The molecule has 160 valence electrons. The van der Waals surface area contributed by atoms with E-state index in [0.29, 0.717) is 16.8 Å². The van der Waals surface area contributed by atoms with Crippen LogP contribution in [0, 0.1) is 5.82 Å². The van der Waals surface area contributed by atoms with Gasteiger partial charge in [-0.3, -0.25) is 0 Å². The lowest BCUT2D eigenvalue weighted by molar-refractivity contribution is -0.148. The summed E-state index contributed by atoms with van der Waals surface area (Å²) < 4.78 is 23.4. The monoisotopic (exact) mass is 442 g/mol. The second-order valence-corrected chi connectivity index (χ2v) is 7.26. The van der Waals surface area contributed by atoms with E-state index in [2.05, 4.69) is 10.3 Å². The van der Waals surface area contributed by atoms with Gasteiger partial charge in [0.2, 0.25) is 0 Å². The van der Waals surface area contributed by atoms with Crippen LogP contribution < -0.4 is 5.32 Å². The second-order valence-electron chi connectivity index (χ2n) is 6.87. The third kappa shape index (κ3) is 5.38. The van der Waals surface area contributed by atoms with Crippen LogP contribution in [0.5, 0.6) is 0 Å². The van der Waals surface area contributed by atoms with Gasteiger partial charge < -0.3 is 14.8 Å². The Labute approximate surface area is 184 Å². The highest BCUT2D eigenvalue weighted by Crippen LogP contribution is 2.29. The zero-order valence-electron chi connectivity index (χ0n) is 16.9. The number of esters is 1. The maximum Gasteiger partial charge on any atom is 0.408 e. The van der Waals surface area contributed by atoms with Gasteiger partial charge in [-0.05, 0) is 54.4 Å². The smallest absolute Gasteiger partial charge is 0.408 e. The molecule has 2 aromatic carbocycles. The first kappa shape index (κ1) is 22.2. The van der Waals surface area contributed by atoms with E-state index in [0.717, 1.165) is 5.56 Å². The highest BCUT2D eigenvalue weighted by Gasteiger charge is 2.39. The Hall–Kier alpha value is -3.45. The number of hydrogen-bond acceptors (Lipinski definition) is 5. The Kier molecular flexibility index (Phi) is 6.87. The number of amides is 1. The van der Waals surface area contributed by atoms with Gasteiger partial charge in [-0.25, -0.2) is 19.0 Å². The summed E-state index contributed by atoms with van der Waals surface area (Å²) in [7, 11) is 1.21. The van der Waals surface area contributed by atoms with E-state index in [4.69, 9.17) is 21.1 Å². The van der Waals surface area contributed by atoms with Crippen LogP contribution in [0.25, 0.3) is 11.3 Å². The molecule has 0 spiro atoms. The fourth-order valence-corrected chi connectivity index (χ4v) is 3.17. The summed E-state index contributed by atoms with van der Waals surface area (Å²) in [5, 5.41) is 2.65. The average Bonchev–Trinajstić information content (AvgIpc) is 2.77. The quantitative estimate of drug-likeness (QED) is 0.436. The molecule has 0 saturated heterocycles. The molecule has 0 fully saturated rings. The largest absolute Gasteiger partial charge is 0.467 e. The number of ether oxygens (including phenoxy) is 2. The van der Waals surface area contributed by atoms with E-state index >= 15 is 0 Å². The molecule has 8 heteroatoms. The van der Waals surface area contributed by atoms with E-state index in [9.17, 15) is 14.0 Å². The molecule has 0 radical (unpaired) electrons. The van der Waals surface area contributed by atoms with Crippen molar-refractivity contribution in [2.24, 2.45) is 0 Å². The molecule has 0 aliphatic rings. The van der Waals surface area contributed by atoms with Gasteiger partial charge in [-0.2, -0.15) is 0 Å². The van der Waals surface area contributed by atoms with Crippen LogP contribution in [-0.4, -0.2) is 24.2 Å². The number of nitrogens with zero attached hydrogens (tertiary/aromatic N) is 1. The minimum absolute atomic E-state index is 0.0296. The maximum atomic E-state index is 13.3. The molecule has 0 aliphatic carbocycles. The van der Waals surface area contributed by atoms with Crippen LogP contribution in [-0.2, 0) is 26.4 Å². The fraction of sp³-hybridized carbons (Fsp3) is 0.174. The predicted molar refractivity (Wildman–Crippen MR) is 114 cm³/mol. The maximum absolute atomic E-state index is 13.3. The number of aromatic nitrogens is 1. The molecule has 1 atom stereocenters. The summed E-state index contributed by atoms with van der Waals surface area (Å²) >= 11 is 6.18. The number of halogens is 2. The fourth-order valence-electron chi connectivity index (χ4n) is 2.96. The normalized spacial score (nSPS) is 12.5. The molecule has 0 unspecified atom stereocenters. The van der Waals surface area contributed by atoms with Gasteiger partial charge in [-0.15, -0.1) is 0 Å². The summed E-state index contributed by atoms with van der Waals surface area (Å²) in [6, 6.07) is 17.8. The molecule has 0 bridgehead atoms. The lowest BCUT2D eigenvalue weighted by Gasteiger charge is -2.28. The van der Waals surface area contributed by atoms with Gasteiger partial charge in [-0.1, -0.05) is 41.9 Å². The van der Waals surface area contributed by atoms with Gasteiger partial charge in [0, 0.05) is 5.56 Å². The summed E-state index contributed by atoms with van der Waals surface area (Å²) in [4.78, 5) is 29.3. The molecule has 1 N–H and O–H groups in total. The molecule has 31 heavy (non-hydrogen) atoms. The van der Waals surface area contributed by atoms with Crippen molar-refractivity contribution in [2.75, 3.05) is 7.11 Å². The van der Waals surface area contributed by atoms with Crippen molar-refractivity contribution in [1.82, 2.24) is 10.3 Å². The SMILES string of the molecule is COC(=O)[C@](C)(NC(=O)OCc1ccccc1)c1cc(Cl)nc(-c2ccc(F)cc2)c1. The third-order valence-electron chi connectivity index (χ3n) is 4.67. The van der Waals surface area contributed by atoms with Gasteiger partial charge in [0.25, 0.3) is 0 Å². The lowest BCUT2D eigenvalue weighted by Crippen LogP contribution is -2.50. The van der Waals surface area contributed by atoms with Crippen molar-refractivity contribution < 1.29 is 23.5 Å². The summed E-state index contributed by atoms with van der Waals surface area (Å²) in [6.45, 7) is 1.50. The topological polar surface area (TPSA) is 77.5 Å². The number of carbonyl (C=O) groups excluding carboxylic acids is 2. The van der Waals surface area contributed by atoms with Gasteiger partial charge >= 0.3 is 12.1 Å². The zero-order valence-corrected chi connectivity index (χ0v) is 17.7. The minimum Gasteiger partial charge on any atom is -0.467 e. The van der Waals surface area contributed by atoms with Crippen LogP contribution in [0.4, 0.5) is 9.18 Å². The van der Waals surface area contributed by atoms with Crippen molar-refractivity contribution in [2.45, 2.75) is 19.1 Å². The molecule has 0 saturated carbocycles. The van der Waals surface area contributed by atoms with Crippen molar-refractivity contribution in [3.05, 3.63) is 88.8 Å². The zero-order chi connectivity index (χ0) is 22.4. The molecule has 1 heterocycles. The van der Waals surface area contributed by atoms with Crippen molar-refractivity contribution in [3.8, 4) is 11.3 Å². The van der Waals surface area contributed by atoms with Crippen LogP contribution in [0.1, 0.15) is 18.1 Å². The average molecular weight is 443 g/mol. The van der Waals surface area contributed by atoms with Crippen LogP contribution >= 0.6 is 11.6 Å². The minimum atomic E-state index is -1.61. The molecule has 6 nitrogen and oxygen atoms in total. The molecule has 0 aliphatic heterocycles. The molecule has 3 aromatic rings. The Morgan fingerprint density at radius 2 is 1.77 bits per heavy atom. The first-order valence-electron chi connectivity index (χ1n) is 9.33. The Balaban J connectivity index is 1.89. The van der Waals surface area contributed by atoms with Gasteiger partial charge in [0.15, 0.2) is 5.54 Å². The number of carbonyl (C=O) groups is 2. The summed E-state index contributed by atoms with van der Waals surface area (Å²) in [5.41, 5.74) is 0.503. The van der Waals surface area contributed by atoms with E-state index in [1.807, 2.05) is 30.3 Å². The van der Waals surface area contributed by atoms with E-state index < -0.39 is 23.4 Å². The van der Waals surface area contributed by atoms with Gasteiger partial charge in [0.1, 0.15) is 17.6 Å². The second kappa shape index (κ2) is 9.57. The number of alkyl carbamates (subject to hydrolysis) is 1. The van der Waals surface area contributed by atoms with Crippen molar-refractivity contribution in [1.29, 1.82) is 0 Å². The van der Waals surface area contributed by atoms with Crippen LogP contribution in [0.15, 0.2) is 66.7 Å². The van der Waals surface area contributed by atoms with Crippen LogP contribution in [0.2, 0.25) is 5.15 Å². The van der Waals surface area contributed by atoms with Crippen molar-refractivity contribution in [3.63, 3.8) is 0 Å². The number of pyridine rings is 1. The molecular weight excluding hydrogens is 423 g/mol. The number of rotatable bonds is 6. The first-order chi connectivity index (χ1) is 14.8. The Bertz CT molecular complexity index is 1080.